The van der Waals surface area contributed by atoms with E-state index in [9.17, 15) is 0 Å². The summed E-state index contributed by atoms with van der Waals surface area (Å²) in [7, 11) is 1.76. The van der Waals surface area contributed by atoms with E-state index in [4.69, 9.17) is 21.3 Å². The topological polar surface area (TPSA) is 49.4 Å². The predicted octanol–water partition coefficient (Wildman–Crippen LogP) is 1.82. The van der Waals surface area contributed by atoms with Crippen LogP contribution in [0.5, 0.6) is 0 Å². The van der Waals surface area contributed by atoms with Crippen LogP contribution < -0.4 is 21.2 Å². The van der Waals surface area contributed by atoms with E-state index in [1.807, 2.05) is 12.3 Å². The number of aromatic nitrogens is 1. The second-order valence-electron chi connectivity index (χ2n) is 6.62. The Labute approximate surface area is 162 Å². The van der Waals surface area contributed by atoms with Crippen molar-refractivity contribution < 1.29 is 4.74 Å². The van der Waals surface area contributed by atoms with Gasteiger partial charge in [-0.2, -0.15) is 0 Å². The summed E-state index contributed by atoms with van der Waals surface area (Å²) in [6.07, 6.45) is 5.93. The Morgan fingerprint density at radius 3 is 3.27 bits per heavy atom. The van der Waals surface area contributed by atoms with Gasteiger partial charge >= 0.3 is 0 Å². The number of fused-ring (bicyclic) bond motifs is 2. The van der Waals surface area contributed by atoms with Crippen molar-refractivity contribution in [1.82, 2.24) is 15.2 Å². The first kappa shape index (κ1) is 17.8. The Bertz CT molecular complexity index is 897. The maximum atomic E-state index is 6.19. The van der Waals surface area contributed by atoms with Gasteiger partial charge in [0.1, 0.15) is 5.00 Å². The molecule has 1 saturated heterocycles. The number of thiophene rings is 1. The van der Waals surface area contributed by atoms with Gasteiger partial charge in [-0.3, -0.25) is 4.98 Å². The van der Waals surface area contributed by atoms with Crippen molar-refractivity contribution in [3.05, 3.63) is 44.9 Å². The molecule has 0 spiro atoms. The molecule has 1 fully saturated rings. The minimum absolute atomic E-state index is 0.462. The third kappa shape index (κ3) is 3.60. The van der Waals surface area contributed by atoms with Crippen molar-refractivity contribution in [1.29, 1.82) is 0 Å². The van der Waals surface area contributed by atoms with Crippen LogP contribution in [0.25, 0.3) is 11.9 Å². The van der Waals surface area contributed by atoms with Crippen LogP contribution in [0.3, 0.4) is 0 Å². The molecule has 7 heteroatoms. The number of ether oxygens (including phenoxy) is 1. The van der Waals surface area contributed by atoms with Crippen molar-refractivity contribution in [2.75, 3.05) is 38.7 Å². The largest absolute Gasteiger partial charge is 0.385 e. The molecule has 26 heavy (non-hydrogen) atoms. The van der Waals surface area contributed by atoms with Crippen LogP contribution in [-0.2, 0) is 4.74 Å². The molecule has 0 aliphatic carbocycles. The molecule has 0 aromatic carbocycles. The summed E-state index contributed by atoms with van der Waals surface area (Å²) in [5, 5.41) is 13.0. The van der Waals surface area contributed by atoms with Gasteiger partial charge in [0.2, 0.25) is 0 Å². The molecule has 1 unspecified atom stereocenters. The van der Waals surface area contributed by atoms with E-state index in [0.717, 1.165) is 54.7 Å². The van der Waals surface area contributed by atoms with E-state index >= 15 is 0 Å². The molecule has 2 N–H and O–H groups in total. The lowest BCUT2D eigenvalue weighted by atomic mass is 10.1. The number of hydrogen-bond donors (Lipinski definition) is 2. The van der Waals surface area contributed by atoms with Crippen LogP contribution in [-0.4, -0.2) is 49.3 Å². The molecule has 2 aromatic heterocycles. The highest BCUT2D eigenvalue weighted by Crippen LogP contribution is 2.31. The molecule has 5 nitrogen and oxygen atoms in total. The van der Waals surface area contributed by atoms with Gasteiger partial charge in [-0.15, -0.1) is 11.3 Å². The number of rotatable bonds is 5. The van der Waals surface area contributed by atoms with E-state index in [1.165, 1.54) is 11.3 Å². The maximum Gasteiger partial charge on any atom is 0.102 e. The number of halogens is 1. The summed E-state index contributed by atoms with van der Waals surface area (Å²) in [5.74, 6) is 0. The van der Waals surface area contributed by atoms with Crippen LogP contribution in [0.4, 0.5) is 5.00 Å². The third-order valence-electron chi connectivity index (χ3n) is 4.86. The van der Waals surface area contributed by atoms with Crippen molar-refractivity contribution in [2.45, 2.75) is 18.9 Å². The fourth-order valence-corrected chi connectivity index (χ4v) is 4.58. The lowest BCUT2D eigenvalue weighted by molar-refractivity contribution is 0.181. The number of nitrogens with one attached hydrogen (secondary N) is 2. The molecule has 4 heterocycles. The summed E-state index contributed by atoms with van der Waals surface area (Å²) < 4.78 is 5.21. The summed E-state index contributed by atoms with van der Waals surface area (Å²) >= 11 is 7.91. The van der Waals surface area contributed by atoms with Crippen molar-refractivity contribution in [3.8, 4) is 0 Å². The van der Waals surface area contributed by atoms with Crippen LogP contribution in [0.1, 0.15) is 18.4 Å². The van der Waals surface area contributed by atoms with Crippen molar-refractivity contribution in [2.24, 2.45) is 0 Å². The van der Waals surface area contributed by atoms with E-state index in [-0.39, 0.29) is 0 Å². The molecule has 1 atom stereocenters. The van der Waals surface area contributed by atoms with Gasteiger partial charge in [-0.1, -0.05) is 11.6 Å². The zero-order valence-corrected chi connectivity index (χ0v) is 16.4. The smallest absolute Gasteiger partial charge is 0.102 e. The predicted molar refractivity (Wildman–Crippen MR) is 108 cm³/mol. The zero-order chi connectivity index (χ0) is 17.9. The molecule has 4 rings (SSSR count). The number of hydrogen-bond acceptors (Lipinski definition) is 6. The minimum atomic E-state index is 0.462. The number of nitrogens with zero attached hydrogens (tertiary/aromatic N) is 2. The molecule has 2 aliphatic rings. The standard InChI is InChI=1S/C19H23ClN4OS/c1-25-7-2-3-15-12-24(6-5-21-15)18-16-4-8-26-19(16)23-10-13-9-14(20)11-22-17(13)18/h4,8-11,15,21,23H,2-3,5-7,12H2,1H3. The Morgan fingerprint density at radius 1 is 1.46 bits per heavy atom. The number of methoxy groups -OCH3 is 1. The second kappa shape index (κ2) is 7.96. The Morgan fingerprint density at radius 2 is 2.38 bits per heavy atom. The van der Waals surface area contributed by atoms with Gasteiger partial charge in [-0.05, 0) is 30.4 Å². The van der Waals surface area contributed by atoms with E-state index in [2.05, 4.69) is 27.0 Å². The van der Waals surface area contributed by atoms with Crippen molar-refractivity contribution >= 4 is 39.8 Å². The van der Waals surface area contributed by atoms with E-state index in [1.54, 1.807) is 24.6 Å². The average molecular weight is 391 g/mol. The highest BCUT2D eigenvalue weighted by atomic mass is 35.5. The lowest BCUT2D eigenvalue weighted by Crippen LogP contribution is -2.51. The van der Waals surface area contributed by atoms with Gasteiger partial charge in [0.05, 0.1) is 16.1 Å². The fraction of sp³-hybridized carbons (Fsp3) is 0.421. The molecule has 2 aromatic rings. The summed E-state index contributed by atoms with van der Waals surface area (Å²) in [5.41, 5.74) is 2.42. The highest BCUT2D eigenvalue weighted by Gasteiger charge is 2.25. The molecule has 0 bridgehead atoms. The highest BCUT2D eigenvalue weighted by molar-refractivity contribution is 7.14. The lowest BCUT2D eigenvalue weighted by Gasteiger charge is -2.36. The Balaban J connectivity index is 1.73. The van der Waals surface area contributed by atoms with Crippen LogP contribution in [0, 0.1) is 0 Å². The summed E-state index contributed by atoms with van der Waals surface area (Å²) in [4.78, 5) is 7.17. The van der Waals surface area contributed by atoms with Gasteiger partial charge in [-0.25, -0.2) is 0 Å². The Hall–Kier alpha value is -1.60. The molecule has 138 valence electrons. The molecule has 0 amide bonds. The van der Waals surface area contributed by atoms with E-state index in [0.29, 0.717) is 11.1 Å². The van der Waals surface area contributed by atoms with Gasteiger partial charge < -0.3 is 20.3 Å². The first-order valence-corrected chi connectivity index (χ1v) is 10.2. The van der Waals surface area contributed by atoms with Gasteiger partial charge in [0.15, 0.2) is 0 Å². The molecular weight excluding hydrogens is 368 g/mol. The maximum absolute atomic E-state index is 6.19. The average Bonchev–Trinajstić information content (AvgIpc) is 3.05. The second-order valence-corrected chi connectivity index (χ2v) is 7.98. The van der Waals surface area contributed by atoms with Crippen LogP contribution in [0.2, 0.25) is 5.02 Å². The fourth-order valence-electron chi connectivity index (χ4n) is 3.66. The first-order valence-electron chi connectivity index (χ1n) is 8.94. The SMILES string of the molecule is COCCCC1CN(C2=c3ncc(Cl)cc3=CNc3sccc32)CCN1. The molecular formula is C19H23ClN4OS. The quantitative estimate of drug-likeness (QED) is 0.763. The summed E-state index contributed by atoms with van der Waals surface area (Å²) in [6.45, 7) is 3.72. The van der Waals surface area contributed by atoms with E-state index < -0.39 is 0 Å². The third-order valence-corrected chi connectivity index (χ3v) is 5.91. The normalized spacial score (nSPS) is 19.2. The Kier molecular flexibility index (Phi) is 5.45. The molecule has 0 saturated carbocycles. The summed E-state index contributed by atoms with van der Waals surface area (Å²) in [6, 6.07) is 4.62. The number of anilines is 1. The first-order chi connectivity index (χ1) is 12.8. The van der Waals surface area contributed by atoms with Crippen molar-refractivity contribution in [3.63, 3.8) is 0 Å². The minimum Gasteiger partial charge on any atom is -0.385 e. The van der Waals surface area contributed by atoms with Crippen LogP contribution >= 0.6 is 22.9 Å². The van der Waals surface area contributed by atoms with Gasteiger partial charge in [0, 0.05) is 62.6 Å². The number of piperazine rings is 1. The van der Waals surface area contributed by atoms with Gasteiger partial charge in [0.25, 0.3) is 0 Å². The van der Waals surface area contributed by atoms with Crippen LogP contribution in [0.15, 0.2) is 23.7 Å². The monoisotopic (exact) mass is 390 g/mol. The molecule has 0 radical (unpaired) electrons. The zero-order valence-electron chi connectivity index (χ0n) is 14.8. The molecule has 2 aliphatic heterocycles. The number of pyridine rings is 1.